The second-order valence-electron chi connectivity index (χ2n) is 7.52. The molecule has 0 atom stereocenters. The number of hydrogen-bond acceptors (Lipinski definition) is 4. The summed E-state index contributed by atoms with van der Waals surface area (Å²) in [6, 6.07) is 21.7. The van der Waals surface area contributed by atoms with E-state index in [0.29, 0.717) is 12.4 Å². The van der Waals surface area contributed by atoms with Crippen LogP contribution in [0.2, 0.25) is 0 Å². The average molecular weight is 412 g/mol. The van der Waals surface area contributed by atoms with Crippen molar-refractivity contribution in [3.8, 4) is 11.3 Å². The predicted octanol–water partition coefficient (Wildman–Crippen LogP) is 4.10. The van der Waals surface area contributed by atoms with Crippen molar-refractivity contribution in [1.82, 2.24) is 14.5 Å². The molecule has 31 heavy (non-hydrogen) atoms. The molecule has 0 bridgehead atoms. The quantitative estimate of drug-likeness (QED) is 0.485. The average Bonchev–Trinajstić information content (AvgIpc) is 3.16. The molecule has 0 saturated carbocycles. The summed E-state index contributed by atoms with van der Waals surface area (Å²) in [6.45, 7) is 4.60. The highest BCUT2D eigenvalue weighted by atomic mass is 16.1. The third kappa shape index (κ3) is 4.64. The molecule has 2 N–H and O–H groups in total. The van der Waals surface area contributed by atoms with Crippen molar-refractivity contribution in [2.45, 2.75) is 26.8 Å². The highest BCUT2D eigenvalue weighted by molar-refractivity contribution is 5.88. The van der Waals surface area contributed by atoms with Gasteiger partial charge in [-0.15, -0.1) is 0 Å². The molecule has 0 spiro atoms. The zero-order chi connectivity index (χ0) is 21.8. The van der Waals surface area contributed by atoms with Gasteiger partial charge < -0.3 is 5.73 Å². The summed E-state index contributed by atoms with van der Waals surface area (Å²) < 4.78 is 3.09. The number of aryl methyl sites for hydroxylation is 2. The molecule has 0 fully saturated rings. The SMILES string of the molecule is CCc1ccc(-c2nn(Cc3ccccc3)cc2/C=N\n2c(N)cc(C)cc2=O)cc1. The number of nitrogens with two attached hydrogens (primary N) is 1. The standard InChI is InChI=1S/C25H25N5O/c1-3-19-9-11-21(12-10-19)25-22(15-27-30-23(26)13-18(2)14-24(30)31)17-29(28-25)16-20-7-5-4-6-8-20/h4-15,17H,3,16,26H2,1-2H3/b27-15-. The lowest BCUT2D eigenvalue weighted by Crippen LogP contribution is -2.19. The summed E-state index contributed by atoms with van der Waals surface area (Å²) in [5, 5.41) is 9.17. The van der Waals surface area contributed by atoms with Gasteiger partial charge in [0.15, 0.2) is 0 Å². The van der Waals surface area contributed by atoms with Crippen LogP contribution in [0.15, 0.2) is 82.8 Å². The first kappa shape index (κ1) is 20.3. The van der Waals surface area contributed by atoms with Crippen LogP contribution in [-0.4, -0.2) is 20.7 Å². The maximum Gasteiger partial charge on any atom is 0.273 e. The Labute approximate surface area is 181 Å². The van der Waals surface area contributed by atoms with Crippen LogP contribution in [0.4, 0.5) is 5.82 Å². The van der Waals surface area contributed by atoms with Gasteiger partial charge in [-0.05, 0) is 36.1 Å². The fourth-order valence-electron chi connectivity index (χ4n) is 3.47. The van der Waals surface area contributed by atoms with Gasteiger partial charge in [-0.2, -0.15) is 14.9 Å². The van der Waals surface area contributed by atoms with Gasteiger partial charge in [0.25, 0.3) is 5.56 Å². The smallest absolute Gasteiger partial charge is 0.273 e. The Kier molecular flexibility index (Phi) is 5.80. The van der Waals surface area contributed by atoms with E-state index in [1.807, 2.05) is 36.0 Å². The maximum atomic E-state index is 12.3. The molecular formula is C25H25N5O. The summed E-state index contributed by atoms with van der Waals surface area (Å²) in [4.78, 5) is 12.3. The minimum atomic E-state index is -0.265. The molecule has 0 amide bonds. The van der Waals surface area contributed by atoms with E-state index >= 15 is 0 Å². The molecule has 2 aromatic carbocycles. The highest BCUT2D eigenvalue weighted by Crippen LogP contribution is 2.22. The summed E-state index contributed by atoms with van der Waals surface area (Å²) in [7, 11) is 0. The molecule has 2 heterocycles. The van der Waals surface area contributed by atoms with E-state index in [2.05, 4.69) is 48.4 Å². The van der Waals surface area contributed by atoms with Gasteiger partial charge in [-0.25, -0.2) is 0 Å². The first-order chi connectivity index (χ1) is 15.0. The van der Waals surface area contributed by atoms with Crippen molar-refractivity contribution >= 4 is 12.0 Å². The van der Waals surface area contributed by atoms with Crippen LogP contribution < -0.4 is 11.3 Å². The van der Waals surface area contributed by atoms with Crippen molar-refractivity contribution in [3.05, 3.63) is 106 Å². The van der Waals surface area contributed by atoms with Gasteiger partial charge in [0.2, 0.25) is 0 Å². The van der Waals surface area contributed by atoms with Gasteiger partial charge >= 0.3 is 0 Å². The van der Waals surface area contributed by atoms with Crippen molar-refractivity contribution in [2.24, 2.45) is 5.10 Å². The third-order valence-corrected chi connectivity index (χ3v) is 5.11. The zero-order valence-electron chi connectivity index (χ0n) is 17.7. The second kappa shape index (κ2) is 8.83. The summed E-state index contributed by atoms with van der Waals surface area (Å²) >= 11 is 0. The number of hydrogen-bond donors (Lipinski definition) is 1. The lowest BCUT2D eigenvalue weighted by Gasteiger charge is -2.04. The molecular weight excluding hydrogens is 386 g/mol. The van der Waals surface area contributed by atoms with E-state index in [9.17, 15) is 4.79 Å². The van der Waals surface area contributed by atoms with Crippen molar-refractivity contribution in [3.63, 3.8) is 0 Å². The molecule has 0 aliphatic carbocycles. The number of pyridine rings is 1. The number of nitrogen functional groups attached to an aromatic ring is 1. The first-order valence-corrected chi connectivity index (χ1v) is 10.3. The van der Waals surface area contributed by atoms with Crippen LogP contribution in [0.3, 0.4) is 0 Å². The van der Waals surface area contributed by atoms with Crippen molar-refractivity contribution in [2.75, 3.05) is 5.73 Å². The van der Waals surface area contributed by atoms with Gasteiger partial charge in [-0.1, -0.05) is 61.5 Å². The fourth-order valence-corrected chi connectivity index (χ4v) is 3.47. The number of rotatable bonds is 6. The molecule has 0 radical (unpaired) electrons. The maximum absolute atomic E-state index is 12.3. The molecule has 0 saturated heterocycles. The molecule has 6 nitrogen and oxygen atoms in total. The number of anilines is 1. The van der Waals surface area contributed by atoms with Gasteiger partial charge in [0, 0.05) is 23.4 Å². The Balaban J connectivity index is 1.74. The molecule has 6 heteroatoms. The topological polar surface area (TPSA) is 78.2 Å². The number of aromatic nitrogens is 3. The lowest BCUT2D eigenvalue weighted by molar-refractivity contribution is 0.689. The van der Waals surface area contributed by atoms with E-state index in [4.69, 9.17) is 10.8 Å². The number of benzene rings is 2. The van der Waals surface area contributed by atoms with Gasteiger partial charge in [-0.3, -0.25) is 9.48 Å². The van der Waals surface area contributed by atoms with E-state index in [-0.39, 0.29) is 5.56 Å². The van der Waals surface area contributed by atoms with Crippen molar-refractivity contribution < 1.29 is 0 Å². The Morgan fingerprint density at radius 3 is 2.45 bits per heavy atom. The molecule has 156 valence electrons. The molecule has 2 aromatic heterocycles. The Bertz CT molecular complexity index is 1270. The normalized spacial score (nSPS) is 11.3. The van der Waals surface area contributed by atoms with Crippen LogP contribution in [0, 0.1) is 6.92 Å². The Morgan fingerprint density at radius 1 is 1.03 bits per heavy atom. The highest BCUT2D eigenvalue weighted by Gasteiger charge is 2.11. The van der Waals surface area contributed by atoms with Crippen molar-refractivity contribution in [1.29, 1.82) is 0 Å². The molecule has 0 aliphatic heterocycles. The van der Waals surface area contributed by atoms with E-state index < -0.39 is 0 Å². The summed E-state index contributed by atoms with van der Waals surface area (Å²) in [6.07, 6.45) is 4.56. The Hall–Kier alpha value is -3.93. The van der Waals surface area contributed by atoms with E-state index in [1.165, 1.54) is 16.3 Å². The van der Waals surface area contributed by atoms with Crippen LogP contribution in [0.5, 0.6) is 0 Å². The molecule has 4 aromatic rings. The fraction of sp³-hybridized carbons (Fsp3) is 0.160. The van der Waals surface area contributed by atoms with E-state index in [0.717, 1.165) is 34.4 Å². The van der Waals surface area contributed by atoms with Crippen LogP contribution in [0.25, 0.3) is 11.3 Å². The lowest BCUT2D eigenvalue weighted by atomic mass is 10.1. The monoisotopic (exact) mass is 411 g/mol. The van der Waals surface area contributed by atoms with Crippen LogP contribution in [-0.2, 0) is 13.0 Å². The minimum Gasteiger partial charge on any atom is -0.384 e. The van der Waals surface area contributed by atoms with Crippen LogP contribution in [0.1, 0.15) is 29.2 Å². The van der Waals surface area contributed by atoms with Gasteiger partial charge in [0.1, 0.15) is 11.5 Å². The largest absolute Gasteiger partial charge is 0.384 e. The zero-order valence-corrected chi connectivity index (χ0v) is 17.7. The minimum absolute atomic E-state index is 0.265. The predicted molar refractivity (Wildman–Crippen MR) is 125 cm³/mol. The number of nitrogens with zero attached hydrogens (tertiary/aromatic N) is 4. The van der Waals surface area contributed by atoms with Gasteiger partial charge in [0.05, 0.1) is 12.8 Å². The molecule has 4 rings (SSSR count). The molecule has 0 unspecified atom stereocenters. The molecule has 0 aliphatic rings. The first-order valence-electron chi connectivity index (χ1n) is 10.3. The third-order valence-electron chi connectivity index (χ3n) is 5.11. The van der Waals surface area contributed by atoms with E-state index in [1.54, 1.807) is 12.3 Å². The second-order valence-corrected chi connectivity index (χ2v) is 7.52. The summed E-state index contributed by atoms with van der Waals surface area (Å²) in [5.74, 6) is 0.298. The summed E-state index contributed by atoms with van der Waals surface area (Å²) in [5.41, 5.74) is 11.6. The Morgan fingerprint density at radius 2 is 1.77 bits per heavy atom. The van der Waals surface area contributed by atoms with Crippen LogP contribution >= 0.6 is 0 Å².